The number of hydrogen-bond donors (Lipinski definition) is 0. The highest BCUT2D eigenvalue weighted by molar-refractivity contribution is 14.1. The summed E-state index contributed by atoms with van der Waals surface area (Å²) in [6.45, 7) is 2.65. The Hall–Kier alpha value is -1.17. The van der Waals surface area contributed by atoms with Crippen molar-refractivity contribution in [3.05, 3.63) is 61.3 Å². The van der Waals surface area contributed by atoms with E-state index in [-0.39, 0.29) is 5.56 Å². The third-order valence-electron chi connectivity index (χ3n) is 4.10. The molecule has 0 aliphatic heterocycles. The molecule has 0 radical (unpaired) electrons. The van der Waals surface area contributed by atoms with Crippen molar-refractivity contribution in [1.82, 2.24) is 9.55 Å². The molecule has 1 heterocycles. The zero-order valence-corrected chi connectivity index (χ0v) is 13.6. The molecule has 20 heavy (non-hydrogen) atoms. The van der Waals surface area contributed by atoms with E-state index in [4.69, 9.17) is 0 Å². The van der Waals surface area contributed by atoms with Crippen LogP contribution in [0, 0.1) is 10.5 Å². The monoisotopic (exact) mass is 380 g/mol. The smallest absolute Gasteiger partial charge is 0.266 e. The zero-order valence-electron chi connectivity index (χ0n) is 11.5. The lowest BCUT2D eigenvalue weighted by Gasteiger charge is -2.26. The highest BCUT2D eigenvalue weighted by atomic mass is 127. The van der Waals surface area contributed by atoms with Crippen LogP contribution in [0.15, 0.2) is 35.3 Å². The third kappa shape index (κ3) is 2.53. The minimum absolute atomic E-state index is 0.0844. The lowest BCUT2D eigenvalue weighted by atomic mass is 9.83. The Morgan fingerprint density at radius 1 is 1.40 bits per heavy atom. The number of aromatic nitrogens is 2. The lowest BCUT2D eigenvalue weighted by molar-refractivity contribution is 0.464. The maximum absolute atomic E-state index is 12.3. The molecule has 0 bridgehead atoms. The molecule has 1 aromatic carbocycles. The molecule has 0 spiro atoms. The van der Waals surface area contributed by atoms with E-state index < -0.39 is 0 Å². The van der Waals surface area contributed by atoms with Gasteiger partial charge in [-0.3, -0.25) is 9.36 Å². The third-order valence-corrected chi connectivity index (χ3v) is 4.84. The van der Waals surface area contributed by atoms with Gasteiger partial charge in [-0.1, -0.05) is 24.3 Å². The van der Waals surface area contributed by atoms with Crippen LogP contribution in [-0.4, -0.2) is 9.55 Å². The molecule has 1 aliphatic rings. The standard InChI is InChI=1S/C16H17IN2O/c1-11-18-9-15(17)16(20)19(11)10-13-7-4-6-12-5-2-3-8-14(12)13/h2-3,5,8-9,13H,4,6-7,10H2,1H3. The van der Waals surface area contributed by atoms with Gasteiger partial charge in [-0.05, 0) is 59.9 Å². The lowest BCUT2D eigenvalue weighted by Crippen LogP contribution is -2.29. The molecule has 3 rings (SSSR count). The van der Waals surface area contributed by atoms with Crippen LogP contribution in [0.1, 0.15) is 35.7 Å². The summed E-state index contributed by atoms with van der Waals surface area (Å²) in [5.74, 6) is 1.23. The van der Waals surface area contributed by atoms with Crippen molar-refractivity contribution in [1.29, 1.82) is 0 Å². The summed E-state index contributed by atoms with van der Waals surface area (Å²) in [4.78, 5) is 16.6. The minimum atomic E-state index is 0.0844. The molecular formula is C16H17IN2O. The summed E-state index contributed by atoms with van der Waals surface area (Å²) in [5, 5.41) is 0. The van der Waals surface area contributed by atoms with E-state index in [0.717, 1.165) is 25.2 Å². The minimum Gasteiger partial charge on any atom is -0.295 e. The Labute approximate surface area is 132 Å². The molecule has 2 aromatic rings. The Balaban J connectivity index is 1.98. The van der Waals surface area contributed by atoms with Gasteiger partial charge in [0.05, 0.1) is 3.57 Å². The van der Waals surface area contributed by atoms with Crippen LogP contribution in [0.25, 0.3) is 0 Å². The Kier molecular flexibility index (Phi) is 3.92. The first-order chi connectivity index (χ1) is 9.66. The van der Waals surface area contributed by atoms with Crippen LogP contribution >= 0.6 is 22.6 Å². The molecule has 0 fully saturated rings. The van der Waals surface area contributed by atoms with Crippen molar-refractivity contribution in [3.63, 3.8) is 0 Å². The zero-order chi connectivity index (χ0) is 14.1. The molecule has 0 saturated heterocycles. The van der Waals surface area contributed by atoms with Crippen molar-refractivity contribution in [2.45, 2.75) is 38.6 Å². The fourth-order valence-corrected chi connectivity index (χ4v) is 3.46. The second-order valence-electron chi connectivity index (χ2n) is 5.36. The predicted molar refractivity (Wildman–Crippen MR) is 88.1 cm³/mol. The first kappa shape index (κ1) is 13.8. The van der Waals surface area contributed by atoms with E-state index >= 15 is 0 Å². The summed E-state index contributed by atoms with van der Waals surface area (Å²) < 4.78 is 2.52. The SMILES string of the molecule is Cc1ncc(I)c(=O)n1CC1CCCc2ccccc21. The van der Waals surface area contributed by atoms with Crippen molar-refractivity contribution >= 4 is 22.6 Å². The van der Waals surface area contributed by atoms with Crippen molar-refractivity contribution in [3.8, 4) is 0 Å². The Morgan fingerprint density at radius 3 is 3.05 bits per heavy atom. The number of aryl methyl sites for hydroxylation is 2. The second-order valence-corrected chi connectivity index (χ2v) is 6.52. The summed E-state index contributed by atoms with van der Waals surface area (Å²) in [7, 11) is 0. The van der Waals surface area contributed by atoms with E-state index in [1.165, 1.54) is 17.5 Å². The molecule has 1 atom stereocenters. The number of fused-ring (bicyclic) bond motifs is 1. The predicted octanol–water partition coefficient (Wildman–Crippen LogP) is 3.28. The van der Waals surface area contributed by atoms with Crippen molar-refractivity contribution in [2.75, 3.05) is 0 Å². The van der Waals surface area contributed by atoms with Gasteiger partial charge in [0.1, 0.15) is 5.82 Å². The van der Waals surface area contributed by atoms with E-state index in [1.54, 1.807) is 6.20 Å². The number of benzene rings is 1. The van der Waals surface area contributed by atoms with Gasteiger partial charge in [0.25, 0.3) is 5.56 Å². The normalized spacial score (nSPS) is 17.8. The van der Waals surface area contributed by atoms with Crippen LogP contribution in [0.5, 0.6) is 0 Å². The van der Waals surface area contributed by atoms with Gasteiger partial charge in [0.15, 0.2) is 0 Å². The van der Waals surface area contributed by atoms with Crippen LogP contribution in [-0.2, 0) is 13.0 Å². The summed E-state index contributed by atoms with van der Waals surface area (Å²) in [5.41, 5.74) is 2.93. The van der Waals surface area contributed by atoms with Crippen molar-refractivity contribution < 1.29 is 0 Å². The number of hydrogen-bond acceptors (Lipinski definition) is 2. The largest absolute Gasteiger partial charge is 0.295 e. The fraction of sp³-hybridized carbons (Fsp3) is 0.375. The van der Waals surface area contributed by atoms with Gasteiger partial charge >= 0.3 is 0 Å². The van der Waals surface area contributed by atoms with Gasteiger partial charge in [0, 0.05) is 18.7 Å². The van der Waals surface area contributed by atoms with Gasteiger partial charge in [-0.2, -0.15) is 0 Å². The Bertz CT molecular complexity index is 693. The second kappa shape index (κ2) is 5.68. The molecule has 1 aromatic heterocycles. The maximum atomic E-state index is 12.3. The molecular weight excluding hydrogens is 363 g/mol. The van der Waals surface area contributed by atoms with E-state index in [2.05, 4.69) is 51.8 Å². The number of halogens is 1. The average Bonchev–Trinajstić information content (AvgIpc) is 2.48. The highest BCUT2D eigenvalue weighted by Gasteiger charge is 2.21. The first-order valence-corrected chi connectivity index (χ1v) is 8.04. The molecule has 1 aliphatic carbocycles. The summed E-state index contributed by atoms with van der Waals surface area (Å²) in [6.07, 6.45) is 5.16. The van der Waals surface area contributed by atoms with Crippen LogP contribution < -0.4 is 5.56 Å². The van der Waals surface area contributed by atoms with E-state index in [9.17, 15) is 4.79 Å². The van der Waals surface area contributed by atoms with Crippen LogP contribution in [0.2, 0.25) is 0 Å². The fourth-order valence-electron chi connectivity index (χ4n) is 3.03. The molecule has 3 nitrogen and oxygen atoms in total. The molecule has 104 valence electrons. The van der Waals surface area contributed by atoms with E-state index in [1.807, 2.05) is 11.5 Å². The van der Waals surface area contributed by atoms with Gasteiger partial charge < -0.3 is 0 Å². The van der Waals surface area contributed by atoms with Crippen LogP contribution in [0.3, 0.4) is 0 Å². The van der Waals surface area contributed by atoms with Gasteiger partial charge in [-0.15, -0.1) is 0 Å². The topological polar surface area (TPSA) is 34.9 Å². The van der Waals surface area contributed by atoms with Crippen LogP contribution in [0.4, 0.5) is 0 Å². The average molecular weight is 380 g/mol. The van der Waals surface area contributed by atoms with Crippen molar-refractivity contribution in [2.24, 2.45) is 0 Å². The first-order valence-electron chi connectivity index (χ1n) is 6.96. The summed E-state index contributed by atoms with van der Waals surface area (Å²) in [6, 6.07) is 8.62. The number of rotatable bonds is 2. The Morgan fingerprint density at radius 2 is 2.20 bits per heavy atom. The quantitative estimate of drug-likeness (QED) is 0.750. The molecule has 0 saturated carbocycles. The molecule has 0 amide bonds. The van der Waals surface area contributed by atoms with Gasteiger partial charge in [-0.25, -0.2) is 4.98 Å². The number of nitrogens with zero attached hydrogens (tertiary/aromatic N) is 2. The van der Waals surface area contributed by atoms with E-state index in [0.29, 0.717) is 9.49 Å². The maximum Gasteiger partial charge on any atom is 0.266 e. The van der Waals surface area contributed by atoms with Gasteiger partial charge in [0.2, 0.25) is 0 Å². The highest BCUT2D eigenvalue weighted by Crippen LogP contribution is 2.32. The molecule has 4 heteroatoms. The molecule has 1 unspecified atom stereocenters. The summed E-state index contributed by atoms with van der Waals surface area (Å²) >= 11 is 2.07. The molecule has 0 N–H and O–H groups in total.